The predicted molar refractivity (Wildman–Crippen MR) is 143 cm³/mol. The van der Waals surface area contributed by atoms with Gasteiger partial charge in [-0.25, -0.2) is 14.8 Å². The molecule has 6 nitrogen and oxygen atoms in total. The summed E-state index contributed by atoms with van der Waals surface area (Å²) < 4.78 is 16.7. The normalized spacial score (nSPS) is 16.6. The van der Waals surface area contributed by atoms with Crippen LogP contribution < -0.4 is 9.47 Å². The van der Waals surface area contributed by atoms with Crippen LogP contribution in [0.25, 0.3) is 11.1 Å². The minimum Gasteiger partial charge on any atom is -0.463 e. The van der Waals surface area contributed by atoms with E-state index in [0.717, 1.165) is 30.4 Å². The van der Waals surface area contributed by atoms with E-state index in [1.165, 1.54) is 70.6 Å². The van der Waals surface area contributed by atoms with Crippen LogP contribution in [0, 0.1) is 0 Å². The molecule has 3 rings (SSSR count). The monoisotopic (exact) mass is 496 g/mol. The Bertz CT molecular complexity index is 870. The lowest BCUT2D eigenvalue weighted by Gasteiger charge is -2.07. The van der Waals surface area contributed by atoms with Crippen molar-refractivity contribution in [1.82, 2.24) is 9.97 Å². The maximum Gasteiger partial charge on any atom is 0.343 e. The van der Waals surface area contributed by atoms with Crippen LogP contribution in [-0.4, -0.2) is 34.8 Å². The number of carbonyl (C=O) groups excluding carboxylic acids is 1. The number of ether oxygens (including phenoxy) is 3. The quantitative estimate of drug-likeness (QED) is 0.0858. The van der Waals surface area contributed by atoms with Gasteiger partial charge in [0.25, 0.3) is 0 Å². The summed E-state index contributed by atoms with van der Waals surface area (Å²) in [5.74, 6) is 0.222. The second kappa shape index (κ2) is 16.3. The van der Waals surface area contributed by atoms with Crippen molar-refractivity contribution in [3.05, 3.63) is 36.7 Å². The van der Waals surface area contributed by atoms with Gasteiger partial charge in [-0.15, -0.1) is 0 Å². The summed E-state index contributed by atoms with van der Waals surface area (Å²) in [4.78, 5) is 21.0. The zero-order chi connectivity index (χ0) is 25.4. The van der Waals surface area contributed by atoms with E-state index in [9.17, 15) is 4.79 Å². The standard InChI is InChI=1S/C30H44N2O4/c1-3-5-7-9-11-12-14-16-27-28(36-27)29(33)35-26-19-17-24(18-20-26)25-22-31-30(32-23-25)34-21-15-13-10-8-6-4-2/h17-20,22-23,27-28H,3-16,21H2,1-2H3/t27-,28+/m0/s1. The Morgan fingerprint density at radius 1 is 0.778 bits per heavy atom. The van der Waals surface area contributed by atoms with Gasteiger partial charge >= 0.3 is 12.0 Å². The number of nitrogens with zero attached hydrogens (tertiary/aromatic N) is 2. The van der Waals surface area contributed by atoms with Gasteiger partial charge in [-0.05, 0) is 30.5 Å². The number of hydrogen-bond acceptors (Lipinski definition) is 6. The van der Waals surface area contributed by atoms with Crippen molar-refractivity contribution in [1.29, 1.82) is 0 Å². The molecule has 1 aliphatic rings. The first-order valence-corrected chi connectivity index (χ1v) is 14.1. The van der Waals surface area contributed by atoms with Crippen LogP contribution >= 0.6 is 0 Å². The Kier molecular flexibility index (Phi) is 12.7. The summed E-state index contributed by atoms with van der Waals surface area (Å²) in [6, 6.07) is 7.81. The molecule has 0 saturated carbocycles. The Balaban J connectivity index is 1.32. The second-order valence-electron chi connectivity index (χ2n) is 9.82. The highest BCUT2D eigenvalue weighted by atomic mass is 16.6. The lowest BCUT2D eigenvalue weighted by molar-refractivity contribution is -0.135. The minimum absolute atomic E-state index is 0.0198. The lowest BCUT2D eigenvalue weighted by atomic mass is 10.1. The number of hydrogen-bond donors (Lipinski definition) is 0. The summed E-state index contributed by atoms with van der Waals surface area (Å²) in [5.41, 5.74) is 1.84. The molecule has 198 valence electrons. The van der Waals surface area contributed by atoms with Gasteiger partial charge in [-0.3, -0.25) is 0 Å². The molecule has 0 N–H and O–H groups in total. The number of benzene rings is 1. The van der Waals surface area contributed by atoms with E-state index >= 15 is 0 Å². The Labute approximate surface area is 217 Å². The fourth-order valence-electron chi connectivity index (χ4n) is 4.35. The van der Waals surface area contributed by atoms with Gasteiger partial charge in [0.05, 0.1) is 12.7 Å². The van der Waals surface area contributed by atoms with Gasteiger partial charge in [0, 0.05) is 18.0 Å². The number of carbonyl (C=O) groups is 1. The van der Waals surface area contributed by atoms with Crippen molar-refractivity contribution in [2.75, 3.05) is 6.61 Å². The largest absolute Gasteiger partial charge is 0.463 e. The molecule has 36 heavy (non-hydrogen) atoms. The Morgan fingerprint density at radius 3 is 2.00 bits per heavy atom. The van der Waals surface area contributed by atoms with Crippen molar-refractivity contribution in [2.24, 2.45) is 0 Å². The Morgan fingerprint density at radius 2 is 1.36 bits per heavy atom. The van der Waals surface area contributed by atoms with Crippen LogP contribution in [0.1, 0.15) is 104 Å². The molecular weight excluding hydrogens is 452 g/mol. The number of rotatable bonds is 19. The van der Waals surface area contributed by atoms with E-state index in [1.54, 1.807) is 24.5 Å². The fourth-order valence-corrected chi connectivity index (χ4v) is 4.35. The molecule has 0 spiro atoms. The fraction of sp³-hybridized carbons (Fsp3) is 0.633. The van der Waals surface area contributed by atoms with Crippen molar-refractivity contribution >= 4 is 5.97 Å². The minimum atomic E-state index is -0.415. The van der Waals surface area contributed by atoms with Gasteiger partial charge < -0.3 is 14.2 Å². The molecule has 0 radical (unpaired) electrons. The SMILES string of the molecule is CCCCCCCCC[C@@H]1O[C@H]1C(=O)Oc1ccc(-c2cnc(OCCCCCCCC)nc2)cc1. The maximum absolute atomic E-state index is 12.4. The van der Waals surface area contributed by atoms with Crippen molar-refractivity contribution in [2.45, 2.75) is 116 Å². The van der Waals surface area contributed by atoms with Gasteiger partial charge in [0.1, 0.15) is 5.75 Å². The summed E-state index contributed by atoms with van der Waals surface area (Å²) in [7, 11) is 0. The molecule has 0 aliphatic carbocycles. The molecule has 0 bridgehead atoms. The number of unbranched alkanes of at least 4 members (excludes halogenated alkanes) is 11. The first-order chi connectivity index (χ1) is 17.7. The van der Waals surface area contributed by atoms with E-state index in [-0.39, 0.29) is 12.1 Å². The molecule has 1 saturated heterocycles. The molecule has 2 heterocycles. The molecular formula is C30H44N2O4. The van der Waals surface area contributed by atoms with E-state index in [4.69, 9.17) is 14.2 Å². The van der Waals surface area contributed by atoms with E-state index in [1.807, 2.05) is 12.1 Å². The molecule has 0 unspecified atom stereocenters. The smallest absolute Gasteiger partial charge is 0.343 e. The number of epoxide rings is 1. The predicted octanol–water partition coefficient (Wildman–Crippen LogP) is 7.70. The van der Waals surface area contributed by atoms with Gasteiger partial charge in [-0.1, -0.05) is 103 Å². The van der Waals surface area contributed by atoms with Crippen LogP contribution in [0.15, 0.2) is 36.7 Å². The van der Waals surface area contributed by atoms with Crippen LogP contribution in [-0.2, 0) is 9.53 Å². The topological polar surface area (TPSA) is 73.8 Å². The van der Waals surface area contributed by atoms with Gasteiger partial charge in [0.15, 0.2) is 6.10 Å². The highest BCUT2D eigenvalue weighted by Gasteiger charge is 2.45. The molecule has 1 aromatic carbocycles. The maximum atomic E-state index is 12.4. The van der Waals surface area contributed by atoms with Crippen LogP contribution in [0.4, 0.5) is 0 Å². The van der Waals surface area contributed by atoms with Crippen LogP contribution in [0.5, 0.6) is 11.8 Å². The molecule has 6 heteroatoms. The zero-order valence-electron chi connectivity index (χ0n) is 22.3. The highest BCUT2D eigenvalue weighted by Crippen LogP contribution is 2.30. The highest BCUT2D eigenvalue weighted by molar-refractivity contribution is 5.80. The summed E-state index contributed by atoms with van der Waals surface area (Å²) in [6.07, 6.45) is 20.2. The van der Waals surface area contributed by atoms with Crippen LogP contribution in [0.2, 0.25) is 0 Å². The zero-order valence-corrected chi connectivity index (χ0v) is 22.3. The van der Waals surface area contributed by atoms with Gasteiger partial charge in [0.2, 0.25) is 0 Å². The number of aromatic nitrogens is 2. The van der Waals surface area contributed by atoms with E-state index < -0.39 is 6.10 Å². The summed E-state index contributed by atoms with van der Waals surface area (Å²) in [5, 5.41) is 0. The molecule has 2 aromatic rings. The lowest BCUT2D eigenvalue weighted by Crippen LogP contribution is -2.17. The number of esters is 1. The first kappa shape index (κ1) is 28.1. The third-order valence-electron chi connectivity index (χ3n) is 6.67. The van der Waals surface area contributed by atoms with Crippen molar-refractivity contribution < 1.29 is 19.0 Å². The van der Waals surface area contributed by atoms with Crippen molar-refractivity contribution in [3.63, 3.8) is 0 Å². The third kappa shape index (κ3) is 10.3. The van der Waals surface area contributed by atoms with Crippen LogP contribution in [0.3, 0.4) is 0 Å². The average molecular weight is 497 g/mol. The summed E-state index contributed by atoms with van der Waals surface area (Å²) >= 11 is 0. The molecule has 1 aliphatic heterocycles. The summed E-state index contributed by atoms with van der Waals surface area (Å²) in [6.45, 7) is 5.11. The molecule has 1 fully saturated rings. The molecule has 1 aromatic heterocycles. The third-order valence-corrected chi connectivity index (χ3v) is 6.67. The van der Waals surface area contributed by atoms with E-state index in [0.29, 0.717) is 18.4 Å². The first-order valence-electron chi connectivity index (χ1n) is 14.1. The molecule has 2 atom stereocenters. The van der Waals surface area contributed by atoms with Gasteiger partial charge in [-0.2, -0.15) is 0 Å². The average Bonchev–Trinajstić information content (AvgIpc) is 3.68. The second-order valence-corrected chi connectivity index (χ2v) is 9.82. The molecule has 0 amide bonds. The van der Waals surface area contributed by atoms with Crippen molar-refractivity contribution in [3.8, 4) is 22.9 Å². The Hall–Kier alpha value is -2.47. The van der Waals surface area contributed by atoms with E-state index in [2.05, 4.69) is 23.8 Å².